The van der Waals surface area contributed by atoms with Gasteiger partial charge in [0.15, 0.2) is 0 Å². The molecule has 2 aromatic carbocycles. The van der Waals surface area contributed by atoms with Gasteiger partial charge in [-0.25, -0.2) is 4.98 Å². The SMILES string of the molecule is C[C@@H](NC(=O)c1ccc2ccccc2n1)c1ccccc1Cl. The van der Waals surface area contributed by atoms with E-state index in [9.17, 15) is 4.79 Å². The van der Waals surface area contributed by atoms with Crippen LogP contribution in [0.4, 0.5) is 0 Å². The van der Waals surface area contributed by atoms with Gasteiger partial charge in [-0.2, -0.15) is 0 Å². The molecule has 0 unspecified atom stereocenters. The third-order valence-electron chi connectivity index (χ3n) is 3.55. The molecule has 0 aliphatic rings. The van der Waals surface area contributed by atoms with Crippen LogP contribution in [0, 0.1) is 0 Å². The van der Waals surface area contributed by atoms with Gasteiger partial charge in [-0.05, 0) is 30.7 Å². The van der Waals surface area contributed by atoms with Crippen LogP contribution in [0.3, 0.4) is 0 Å². The zero-order valence-electron chi connectivity index (χ0n) is 12.1. The number of halogens is 1. The quantitative estimate of drug-likeness (QED) is 0.780. The minimum atomic E-state index is -0.210. The number of benzene rings is 2. The van der Waals surface area contributed by atoms with Crippen molar-refractivity contribution in [3.05, 3.63) is 76.9 Å². The number of hydrogen-bond acceptors (Lipinski definition) is 2. The van der Waals surface area contributed by atoms with Crippen molar-refractivity contribution in [2.24, 2.45) is 0 Å². The minimum Gasteiger partial charge on any atom is -0.344 e. The predicted octanol–water partition coefficient (Wildman–Crippen LogP) is 4.38. The molecule has 1 heterocycles. The molecule has 0 spiro atoms. The first-order valence-corrected chi connectivity index (χ1v) is 7.44. The molecule has 0 saturated heterocycles. The van der Waals surface area contributed by atoms with Crippen LogP contribution < -0.4 is 5.32 Å². The Morgan fingerprint density at radius 3 is 2.59 bits per heavy atom. The van der Waals surface area contributed by atoms with Crippen molar-refractivity contribution >= 4 is 28.4 Å². The topological polar surface area (TPSA) is 42.0 Å². The highest BCUT2D eigenvalue weighted by Gasteiger charge is 2.14. The van der Waals surface area contributed by atoms with E-state index in [1.54, 1.807) is 6.07 Å². The van der Waals surface area contributed by atoms with Crippen molar-refractivity contribution in [2.45, 2.75) is 13.0 Å². The number of para-hydroxylation sites is 1. The van der Waals surface area contributed by atoms with E-state index in [0.717, 1.165) is 16.5 Å². The van der Waals surface area contributed by atoms with E-state index in [4.69, 9.17) is 11.6 Å². The van der Waals surface area contributed by atoms with E-state index in [-0.39, 0.29) is 11.9 Å². The van der Waals surface area contributed by atoms with Crippen LogP contribution in [0.5, 0.6) is 0 Å². The van der Waals surface area contributed by atoms with Gasteiger partial charge in [0.05, 0.1) is 11.6 Å². The minimum absolute atomic E-state index is 0.186. The number of fused-ring (bicyclic) bond motifs is 1. The summed E-state index contributed by atoms with van der Waals surface area (Å²) in [7, 11) is 0. The lowest BCUT2D eigenvalue weighted by Gasteiger charge is -2.15. The van der Waals surface area contributed by atoms with Crippen molar-refractivity contribution in [1.29, 1.82) is 0 Å². The van der Waals surface area contributed by atoms with Crippen LogP contribution in [0.15, 0.2) is 60.7 Å². The zero-order chi connectivity index (χ0) is 15.5. The molecule has 0 bridgehead atoms. The summed E-state index contributed by atoms with van der Waals surface area (Å²) in [6.45, 7) is 1.90. The second-order valence-corrected chi connectivity index (χ2v) is 5.51. The average molecular weight is 311 g/mol. The second-order valence-electron chi connectivity index (χ2n) is 5.11. The number of amides is 1. The largest absolute Gasteiger partial charge is 0.344 e. The fourth-order valence-corrected chi connectivity index (χ4v) is 2.67. The molecular formula is C18H15ClN2O. The number of rotatable bonds is 3. The Hall–Kier alpha value is -2.39. The van der Waals surface area contributed by atoms with E-state index in [1.807, 2.05) is 61.5 Å². The lowest BCUT2D eigenvalue weighted by Crippen LogP contribution is -2.27. The fraction of sp³-hybridized carbons (Fsp3) is 0.111. The molecule has 1 N–H and O–H groups in total. The number of carbonyl (C=O) groups excluding carboxylic acids is 1. The lowest BCUT2D eigenvalue weighted by molar-refractivity contribution is 0.0935. The summed E-state index contributed by atoms with van der Waals surface area (Å²) in [5.74, 6) is -0.210. The molecule has 110 valence electrons. The van der Waals surface area contributed by atoms with E-state index in [0.29, 0.717) is 10.7 Å². The van der Waals surface area contributed by atoms with Gasteiger partial charge in [0.25, 0.3) is 5.91 Å². The van der Waals surface area contributed by atoms with Gasteiger partial charge in [-0.3, -0.25) is 4.79 Å². The molecule has 3 aromatic rings. The highest BCUT2D eigenvalue weighted by Crippen LogP contribution is 2.22. The van der Waals surface area contributed by atoms with Crippen molar-refractivity contribution < 1.29 is 4.79 Å². The summed E-state index contributed by atoms with van der Waals surface area (Å²) in [5.41, 5.74) is 2.09. The van der Waals surface area contributed by atoms with Crippen molar-refractivity contribution in [2.75, 3.05) is 0 Å². The molecule has 0 aliphatic heterocycles. The Bertz CT molecular complexity index is 832. The summed E-state index contributed by atoms with van der Waals surface area (Å²) in [6.07, 6.45) is 0. The summed E-state index contributed by atoms with van der Waals surface area (Å²) >= 11 is 6.16. The molecule has 1 atom stereocenters. The van der Waals surface area contributed by atoms with Gasteiger partial charge in [-0.15, -0.1) is 0 Å². The molecule has 0 radical (unpaired) electrons. The first-order chi connectivity index (χ1) is 10.6. The first-order valence-electron chi connectivity index (χ1n) is 7.06. The first kappa shape index (κ1) is 14.5. The van der Waals surface area contributed by atoms with Crippen LogP contribution in [0.25, 0.3) is 10.9 Å². The normalized spacial score (nSPS) is 12.1. The Morgan fingerprint density at radius 2 is 1.77 bits per heavy atom. The maximum Gasteiger partial charge on any atom is 0.270 e. The lowest BCUT2D eigenvalue weighted by atomic mass is 10.1. The third kappa shape index (κ3) is 2.95. The number of aromatic nitrogens is 1. The zero-order valence-corrected chi connectivity index (χ0v) is 12.8. The maximum atomic E-state index is 12.4. The summed E-state index contributed by atoms with van der Waals surface area (Å²) in [6, 6.07) is 18.6. The Morgan fingerprint density at radius 1 is 1.05 bits per heavy atom. The van der Waals surface area contributed by atoms with Crippen LogP contribution in [-0.4, -0.2) is 10.9 Å². The van der Waals surface area contributed by atoms with Crippen LogP contribution in [-0.2, 0) is 0 Å². The number of carbonyl (C=O) groups is 1. The highest BCUT2D eigenvalue weighted by molar-refractivity contribution is 6.31. The average Bonchev–Trinajstić information content (AvgIpc) is 2.54. The molecule has 22 heavy (non-hydrogen) atoms. The van der Waals surface area contributed by atoms with Crippen molar-refractivity contribution in [3.8, 4) is 0 Å². The highest BCUT2D eigenvalue weighted by atomic mass is 35.5. The monoisotopic (exact) mass is 310 g/mol. The summed E-state index contributed by atoms with van der Waals surface area (Å²) in [4.78, 5) is 16.8. The van der Waals surface area contributed by atoms with Gasteiger partial charge < -0.3 is 5.32 Å². The van der Waals surface area contributed by atoms with Crippen LogP contribution >= 0.6 is 11.6 Å². The third-order valence-corrected chi connectivity index (χ3v) is 3.89. The molecule has 0 aliphatic carbocycles. The molecule has 4 heteroatoms. The molecule has 3 rings (SSSR count). The number of nitrogens with one attached hydrogen (secondary N) is 1. The number of nitrogens with zero attached hydrogens (tertiary/aromatic N) is 1. The maximum absolute atomic E-state index is 12.4. The van der Waals surface area contributed by atoms with Crippen molar-refractivity contribution in [3.63, 3.8) is 0 Å². The fourth-order valence-electron chi connectivity index (χ4n) is 2.37. The van der Waals surface area contributed by atoms with E-state index in [2.05, 4.69) is 10.3 Å². The standard InChI is InChI=1S/C18H15ClN2O/c1-12(14-7-3-4-8-15(14)19)20-18(22)17-11-10-13-6-2-5-9-16(13)21-17/h2-12H,1H3,(H,20,22)/t12-/m1/s1. The molecule has 3 nitrogen and oxygen atoms in total. The van der Waals surface area contributed by atoms with E-state index in [1.165, 1.54) is 0 Å². The molecule has 1 amide bonds. The van der Waals surface area contributed by atoms with Gasteiger partial charge in [0, 0.05) is 10.4 Å². The van der Waals surface area contributed by atoms with Crippen LogP contribution in [0.2, 0.25) is 5.02 Å². The summed E-state index contributed by atoms with van der Waals surface area (Å²) < 4.78 is 0. The smallest absolute Gasteiger partial charge is 0.270 e. The Labute approximate surface area is 133 Å². The van der Waals surface area contributed by atoms with E-state index < -0.39 is 0 Å². The molecule has 1 aromatic heterocycles. The molecule has 0 saturated carbocycles. The van der Waals surface area contributed by atoms with Gasteiger partial charge in [0.2, 0.25) is 0 Å². The number of hydrogen-bond donors (Lipinski definition) is 1. The summed E-state index contributed by atoms with van der Waals surface area (Å²) in [5, 5.41) is 4.58. The van der Waals surface area contributed by atoms with Gasteiger partial charge in [0.1, 0.15) is 5.69 Å². The second kappa shape index (κ2) is 6.16. The molecular weight excluding hydrogens is 296 g/mol. The van der Waals surface area contributed by atoms with Crippen LogP contribution in [0.1, 0.15) is 29.0 Å². The Kier molecular flexibility index (Phi) is 4.07. The van der Waals surface area contributed by atoms with Crippen molar-refractivity contribution in [1.82, 2.24) is 10.3 Å². The number of pyridine rings is 1. The predicted molar refractivity (Wildman–Crippen MR) is 89.1 cm³/mol. The van der Waals surface area contributed by atoms with Gasteiger partial charge >= 0.3 is 0 Å². The van der Waals surface area contributed by atoms with E-state index >= 15 is 0 Å². The van der Waals surface area contributed by atoms with Gasteiger partial charge in [-0.1, -0.05) is 54.1 Å². The Balaban J connectivity index is 1.82. The molecule has 0 fully saturated rings.